The number of amides is 1. The summed E-state index contributed by atoms with van der Waals surface area (Å²) in [5, 5.41) is 10.7. The number of nitro groups is 1. The summed E-state index contributed by atoms with van der Waals surface area (Å²) in [5.74, 6) is 0.185. The summed E-state index contributed by atoms with van der Waals surface area (Å²) in [7, 11) is 1.67. The highest BCUT2D eigenvalue weighted by Gasteiger charge is 2.22. The van der Waals surface area contributed by atoms with Gasteiger partial charge in [-0.05, 0) is 18.4 Å². The molecule has 19 heavy (non-hydrogen) atoms. The van der Waals surface area contributed by atoms with Crippen molar-refractivity contribution < 1.29 is 9.72 Å². The lowest BCUT2D eigenvalue weighted by Gasteiger charge is -2.18. The van der Waals surface area contributed by atoms with Gasteiger partial charge in [-0.3, -0.25) is 14.9 Å². The van der Waals surface area contributed by atoms with Crippen molar-refractivity contribution in [2.45, 2.75) is 20.3 Å². The minimum atomic E-state index is -0.590. The summed E-state index contributed by atoms with van der Waals surface area (Å²) in [6.07, 6.45) is 0.870. The van der Waals surface area contributed by atoms with Crippen molar-refractivity contribution in [1.82, 2.24) is 4.90 Å². The Bertz CT molecular complexity index is 489. The number of nitrogens with zero attached hydrogens (tertiary/aromatic N) is 2. The number of hydrogen-bond donors (Lipinski definition) is 0. The van der Waals surface area contributed by atoms with Crippen LogP contribution >= 0.6 is 11.6 Å². The van der Waals surface area contributed by atoms with Crippen LogP contribution in [0.2, 0.25) is 5.02 Å². The first kappa shape index (κ1) is 15.4. The highest BCUT2D eigenvalue weighted by molar-refractivity contribution is 6.35. The quantitative estimate of drug-likeness (QED) is 0.615. The van der Waals surface area contributed by atoms with E-state index in [4.69, 9.17) is 11.6 Å². The van der Waals surface area contributed by atoms with Gasteiger partial charge in [0, 0.05) is 19.7 Å². The fourth-order valence-corrected chi connectivity index (χ4v) is 1.86. The Morgan fingerprint density at radius 2 is 2.11 bits per heavy atom. The topological polar surface area (TPSA) is 63.5 Å². The Hall–Kier alpha value is -1.62. The highest BCUT2D eigenvalue weighted by Crippen LogP contribution is 2.28. The predicted molar refractivity (Wildman–Crippen MR) is 74.5 cm³/mol. The molecule has 0 heterocycles. The van der Waals surface area contributed by atoms with Crippen LogP contribution in [0.5, 0.6) is 0 Å². The largest absolute Gasteiger partial charge is 0.342 e. The molecule has 0 atom stereocenters. The lowest BCUT2D eigenvalue weighted by molar-refractivity contribution is -0.384. The molecule has 6 heteroatoms. The summed E-state index contributed by atoms with van der Waals surface area (Å²) in [5.41, 5.74) is -0.0769. The van der Waals surface area contributed by atoms with Crippen molar-refractivity contribution in [2.24, 2.45) is 5.92 Å². The first-order valence-electron chi connectivity index (χ1n) is 6.03. The van der Waals surface area contributed by atoms with E-state index in [9.17, 15) is 14.9 Å². The Kier molecular flexibility index (Phi) is 5.30. The zero-order valence-electron chi connectivity index (χ0n) is 11.2. The number of rotatable bonds is 5. The molecule has 0 unspecified atom stereocenters. The Morgan fingerprint density at radius 1 is 1.47 bits per heavy atom. The lowest BCUT2D eigenvalue weighted by atomic mass is 10.1. The van der Waals surface area contributed by atoms with Gasteiger partial charge in [0.05, 0.1) is 10.5 Å². The third-order valence-electron chi connectivity index (χ3n) is 2.79. The lowest BCUT2D eigenvalue weighted by Crippen LogP contribution is -2.28. The standard InChI is InChI=1S/C13H17ClN2O3/c1-9(2)7-8-15(3)13(17)10-5-4-6-11(12(10)14)16(18)19/h4-6,9H,7-8H2,1-3H3. The maximum Gasteiger partial charge on any atom is 0.288 e. The second kappa shape index (κ2) is 6.52. The summed E-state index contributed by atoms with van der Waals surface area (Å²) in [6, 6.07) is 4.25. The van der Waals surface area contributed by atoms with E-state index in [1.807, 2.05) is 0 Å². The van der Waals surface area contributed by atoms with Crippen LogP contribution in [-0.2, 0) is 0 Å². The molecule has 0 radical (unpaired) electrons. The molecule has 0 saturated carbocycles. The number of carbonyl (C=O) groups excluding carboxylic acids is 1. The Balaban J connectivity index is 2.94. The van der Waals surface area contributed by atoms with Crippen molar-refractivity contribution in [3.05, 3.63) is 38.9 Å². The van der Waals surface area contributed by atoms with Crippen molar-refractivity contribution >= 4 is 23.2 Å². The van der Waals surface area contributed by atoms with E-state index < -0.39 is 4.92 Å². The van der Waals surface area contributed by atoms with Crippen LogP contribution < -0.4 is 0 Å². The van der Waals surface area contributed by atoms with Crippen molar-refractivity contribution in [2.75, 3.05) is 13.6 Å². The first-order valence-corrected chi connectivity index (χ1v) is 6.40. The summed E-state index contributed by atoms with van der Waals surface area (Å²) in [4.78, 5) is 23.9. The van der Waals surface area contributed by atoms with Crippen LogP contribution in [0.1, 0.15) is 30.6 Å². The second-order valence-electron chi connectivity index (χ2n) is 4.81. The van der Waals surface area contributed by atoms with E-state index in [1.165, 1.54) is 23.1 Å². The van der Waals surface area contributed by atoms with Crippen LogP contribution in [0.25, 0.3) is 0 Å². The Morgan fingerprint density at radius 3 is 2.63 bits per heavy atom. The summed E-state index contributed by atoms with van der Waals surface area (Å²) in [6.45, 7) is 4.73. The van der Waals surface area contributed by atoms with Crippen molar-refractivity contribution in [3.8, 4) is 0 Å². The van der Waals surface area contributed by atoms with Gasteiger partial charge in [0.15, 0.2) is 0 Å². The monoisotopic (exact) mass is 284 g/mol. The predicted octanol–water partition coefficient (Wildman–Crippen LogP) is 3.37. The average Bonchev–Trinajstić information content (AvgIpc) is 2.34. The van der Waals surface area contributed by atoms with E-state index in [2.05, 4.69) is 13.8 Å². The summed E-state index contributed by atoms with van der Waals surface area (Å²) < 4.78 is 0. The molecule has 0 N–H and O–H groups in total. The molecule has 0 bridgehead atoms. The molecule has 5 nitrogen and oxygen atoms in total. The highest BCUT2D eigenvalue weighted by atomic mass is 35.5. The van der Waals surface area contributed by atoms with Crippen molar-refractivity contribution in [1.29, 1.82) is 0 Å². The maximum atomic E-state index is 12.2. The molecule has 0 aromatic heterocycles. The van der Waals surface area contributed by atoms with E-state index in [0.29, 0.717) is 12.5 Å². The van der Waals surface area contributed by atoms with Gasteiger partial charge in [-0.15, -0.1) is 0 Å². The van der Waals surface area contributed by atoms with Crippen LogP contribution in [0.3, 0.4) is 0 Å². The number of carbonyl (C=O) groups is 1. The van der Waals surface area contributed by atoms with Gasteiger partial charge in [0.2, 0.25) is 0 Å². The minimum Gasteiger partial charge on any atom is -0.342 e. The maximum absolute atomic E-state index is 12.2. The molecular weight excluding hydrogens is 268 g/mol. The minimum absolute atomic E-state index is 0.103. The van der Waals surface area contributed by atoms with Crippen LogP contribution in [0.4, 0.5) is 5.69 Å². The molecule has 1 aromatic carbocycles. The molecule has 104 valence electrons. The average molecular weight is 285 g/mol. The van der Waals surface area contributed by atoms with Gasteiger partial charge in [0.1, 0.15) is 5.02 Å². The third kappa shape index (κ3) is 3.92. The van der Waals surface area contributed by atoms with Crippen LogP contribution in [0.15, 0.2) is 18.2 Å². The number of hydrogen-bond acceptors (Lipinski definition) is 3. The zero-order chi connectivity index (χ0) is 14.6. The normalized spacial score (nSPS) is 10.6. The molecule has 1 rings (SSSR count). The second-order valence-corrected chi connectivity index (χ2v) is 5.18. The molecular formula is C13H17ClN2O3. The van der Waals surface area contributed by atoms with E-state index in [-0.39, 0.29) is 22.2 Å². The van der Waals surface area contributed by atoms with Gasteiger partial charge >= 0.3 is 0 Å². The van der Waals surface area contributed by atoms with Gasteiger partial charge < -0.3 is 4.90 Å². The molecule has 0 aliphatic rings. The fourth-order valence-electron chi connectivity index (χ4n) is 1.58. The van der Waals surface area contributed by atoms with E-state index >= 15 is 0 Å². The van der Waals surface area contributed by atoms with Gasteiger partial charge in [-0.25, -0.2) is 0 Å². The number of nitro benzene ring substituents is 1. The molecule has 0 aliphatic heterocycles. The molecule has 0 aliphatic carbocycles. The fraction of sp³-hybridized carbons (Fsp3) is 0.462. The SMILES string of the molecule is CC(C)CCN(C)C(=O)c1cccc([N+](=O)[O-])c1Cl. The number of halogens is 1. The van der Waals surface area contributed by atoms with Crippen LogP contribution in [-0.4, -0.2) is 29.3 Å². The molecule has 1 amide bonds. The third-order valence-corrected chi connectivity index (χ3v) is 3.19. The van der Waals surface area contributed by atoms with Crippen LogP contribution in [0, 0.1) is 16.0 Å². The summed E-state index contributed by atoms with van der Waals surface area (Å²) >= 11 is 5.92. The smallest absolute Gasteiger partial charge is 0.288 e. The van der Waals surface area contributed by atoms with E-state index in [0.717, 1.165) is 6.42 Å². The Labute approximate surface area is 117 Å². The first-order chi connectivity index (χ1) is 8.84. The van der Waals surface area contributed by atoms with E-state index in [1.54, 1.807) is 7.05 Å². The van der Waals surface area contributed by atoms with Crippen molar-refractivity contribution in [3.63, 3.8) is 0 Å². The molecule has 0 spiro atoms. The van der Waals surface area contributed by atoms with Gasteiger partial charge in [-0.2, -0.15) is 0 Å². The molecule has 1 aromatic rings. The van der Waals surface area contributed by atoms with Gasteiger partial charge in [0.25, 0.3) is 11.6 Å². The molecule has 0 fully saturated rings. The number of benzene rings is 1. The van der Waals surface area contributed by atoms with Gasteiger partial charge in [-0.1, -0.05) is 31.5 Å². The molecule has 0 saturated heterocycles. The zero-order valence-corrected chi connectivity index (χ0v) is 12.0.